The summed E-state index contributed by atoms with van der Waals surface area (Å²) < 4.78 is 15.6. The summed E-state index contributed by atoms with van der Waals surface area (Å²) in [5.74, 6) is -0.247. The molecule has 0 saturated carbocycles. The molecule has 0 spiro atoms. The van der Waals surface area contributed by atoms with E-state index in [2.05, 4.69) is 21.0 Å². The smallest absolute Gasteiger partial charge is 0.124 e. The SMILES string of the molecule is CC(N)Cc1cnn(Cc2ccc(F)cc2Br)c1. The lowest BCUT2D eigenvalue weighted by molar-refractivity contribution is 0.623. The molecule has 0 amide bonds. The number of nitrogens with zero attached hydrogens (tertiary/aromatic N) is 2. The molecule has 0 aliphatic carbocycles. The maximum absolute atomic E-state index is 13.0. The Kier molecular flexibility index (Phi) is 4.14. The Morgan fingerprint density at radius 3 is 2.94 bits per heavy atom. The van der Waals surface area contributed by atoms with Crippen LogP contribution in [0.4, 0.5) is 4.39 Å². The molecule has 1 aromatic heterocycles. The van der Waals surface area contributed by atoms with Crippen molar-refractivity contribution < 1.29 is 4.39 Å². The molecule has 2 aromatic rings. The number of hydrogen-bond donors (Lipinski definition) is 1. The molecule has 1 unspecified atom stereocenters. The lowest BCUT2D eigenvalue weighted by Gasteiger charge is -2.05. The van der Waals surface area contributed by atoms with Gasteiger partial charge in [-0.25, -0.2) is 4.39 Å². The molecule has 0 bridgehead atoms. The summed E-state index contributed by atoms with van der Waals surface area (Å²) in [5.41, 5.74) is 7.85. The van der Waals surface area contributed by atoms with Gasteiger partial charge in [0.25, 0.3) is 0 Å². The third-order valence-corrected chi connectivity index (χ3v) is 3.33. The van der Waals surface area contributed by atoms with Crippen LogP contribution in [0, 0.1) is 5.82 Å². The summed E-state index contributed by atoms with van der Waals surface area (Å²) in [6, 6.07) is 4.79. The zero-order chi connectivity index (χ0) is 13.1. The van der Waals surface area contributed by atoms with Gasteiger partial charge in [-0.05, 0) is 36.6 Å². The van der Waals surface area contributed by atoms with Crippen LogP contribution in [0.2, 0.25) is 0 Å². The van der Waals surface area contributed by atoms with Crippen molar-refractivity contribution in [1.82, 2.24) is 9.78 Å². The van der Waals surface area contributed by atoms with Crippen molar-refractivity contribution >= 4 is 15.9 Å². The highest BCUT2D eigenvalue weighted by molar-refractivity contribution is 9.10. The minimum absolute atomic E-state index is 0.125. The maximum Gasteiger partial charge on any atom is 0.124 e. The Morgan fingerprint density at radius 1 is 1.50 bits per heavy atom. The zero-order valence-corrected chi connectivity index (χ0v) is 11.7. The van der Waals surface area contributed by atoms with E-state index < -0.39 is 0 Å². The van der Waals surface area contributed by atoms with Crippen LogP contribution in [0.15, 0.2) is 35.1 Å². The zero-order valence-electron chi connectivity index (χ0n) is 10.1. The van der Waals surface area contributed by atoms with Gasteiger partial charge in [0.15, 0.2) is 0 Å². The third kappa shape index (κ3) is 3.40. The number of nitrogens with two attached hydrogens (primary N) is 1. The minimum atomic E-state index is -0.247. The maximum atomic E-state index is 13.0. The highest BCUT2D eigenvalue weighted by Crippen LogP contribution is 2.19. The Labute approximate surface area is 114 Å². The molecule has 18 heavy (non-hydrogen) atoms. The molecular weight excluding hydrogens is 297 g/mol. The van der Waals surface area contributed by atoms with E-state index in [1.807, 2.05) is 24.0 Å². The van der Waals surface area contributed by atoms with Crippen LogP contribution >= 0.6 is 15.9 Å². The van der Waals surface area contributed by atoms with Crippen molar-refractivity contribution in [3.63, 3.8) is 0 Å². The van der Waals surface area contributed by atoms with Crippen molar-refractivity contribution in [1.29, 1.82) is 0 Å². The molecule has 96 valence electrons. The molecule has 0 aliphatic rings. The van der Waals surface area contributed by atoms with Gasteiger partial charge in [-0.15, -0.1) is 0 Å². The first-order chi connectivity index (χ1) is 8.54. The van der Waals surface area contributed by atoms with Gasteiger partial charge in [-0.1, -0.05) is 22.0 Å². The van der Waals surface area contributed by atoms with E-state index in [1.54, 1.807) is 6.07 Å². The van der Waals surface area contributed by atoms with Crippen LogP contribution in [0.25, 0.3) is 0 Å². The molecule has 0 saturated heterocycles. The predicted octanol–water partition coefficient (Wildman–Crippen LogP) is 2.72. The molecular formula is C13H15BrFN3. The van der Waals surface area contributed by atoms with Crippen molar-refractivity contribution in [2.75, 3.05) is 0 Å². The molecule has 3 nitrogen and oxygen atoms in total. The number of aromatic nitrogens is 2. The fraction of sp³-hybridized carbons (Fsp3) is 0.308. The first kappa shape index (κ1) is 13.2. The van der Waals surface area contributed by atoms with Crippen LogP contribution in [-0.4, -0.2) is 15.8 Å². The van der Waals surface area contributed by atoms with Gasteiger partial charge in [-0.2, -0.15) is 5.10 Å². The van der Waals surface area contributed by atoms with E-state index in [-0.39, 0.29) is 11.9 Å². The minimum Gasteiger partial charge on any atom is -0.328 e. The van der Waals surface area contributed by atoms with Crippen LogP contribution in [0.1, 0.15) is 18.1 Å². The van der Waals surface area contributed by atoms with Crippen LogP contribution in [0.5, 0.6) is 0 Å². The van der Waals surface area contributed by atoms with E-state index in [9.17, 15) is 4.39 Å². The summed E-state index contributed by atoms with van der Waals surface area (Å²) in [6.45, 7) is 2.58. The molecule has 1 heterocycles. The van der Waals surface area contributed by atoms with E-state index in [0.717, 1.165) is 22.0 Å². The van der Waals surface area contributed by atoms with Crippen molar-refractivity contribution in [2.45, 2.75) is 25.9 Å². The summed E-state index contributed by atoms with van der Waals surface area (Å²) in [5, 5.41) is 4.27. The third-order valence-electron chi connectivity index (χ3n) is 2.59. The second kappa shape index (κ2) is 5.63. The van der Waals surface area contributed by atoms with Gasteiger partial charge in [-0.3, -0.25) is 4.68 Å². The fourth-order valence-electron chi connectivity index (χ4n) is 1.79. The Bertz CT molecular complexity index is 537. The largest absolute Gasteiger partial charge is 0.328 e. The average Bonchev–Trinajstić information content (AvgIpc) is 2.69. The van der Waals surface area contributed by atoms with E-state index in [1.165, 1.54) is 12.1 Å². The van der Waals surface area contributed by atoms with Crippen molar-refractivity contribution in [3.05, 3.63) is 52.0 Å². The first-order valence-corrected chi connectivity index (χ1v) is 6.55. The monoisotopic (exact) mass is 311 g/mol. The normalized spacial score (nSPS) is 12.7. The van der Waals surface area contributed by atoms with Gasteiger partial charge in [0.05, 0.1) is 12.7 Å². The molecule has 1 aromatic carbocycles. The van der Waals surface area contributed by atoms with Crippen molar-refractivity contribution in [2.24, 2.45) is 5.73 Å². The van der Waals surface area contributed by atoms with Crippen LogP contribution in [0.3, 0.4) is 0 Å². The number of hydrogen-bond acceptors (Lipinski definition) is 2. The van der Waals surface area contributed by atoms with E-state index >= 15 is 0 Å². The molecule has 0 radical (unpaired) electrons. The second-order valence-electron chi connectivity index (χ2n) is 4.46. The standard InChI is InChI=1S/C13H15BrFN3/c1-9(16)4-10-6-17-18(7-10)8-11-2-3-12(15)5-13(11)14/h2-3,5-7,9H,4,8,16H2,1H3. The molecule has 0 aliphatic heterocycles. The number of rotatable bonds is 4. The molecule has 0 fully saturated rings. The predicted molar refractivity (Wildman–Crippen MR) is 72.8 cm³/mol. The van der Waals surface area contributed by atoms with Gasteiger partial charge in [0.2, 0.25) is 0 Å². The lowest BCUT2D eigenvalue weighted by atomic mass is 10.1. The average molecular weight is 312 g/mol. The molecule has 2 N–H and O–H groups in total. The quantitative estimate of drug-likeness (QED) is 0.943. The second-order valence-corrected chi connectivity index (χ2v) is 5.32. The topological polar surface area (TPSA) is 43.8 Å². The van der Waals surface area contributed by atoms with Crippen LogP contribution < -0.4 is 5.73 Å². The Morgan fingerprint density at radius 2 is 2.28 bits per heavy atom. The lowest BCUT2D eigenvalue weighted by Crippen LogP contribution is -2.17. The highest BCUT2D eigenvalue weighted by atomic mass is 79.9. The fourth-order valence-corrected chi connectivity index (χ4v) is 2.27. The molecule has 1 atom stereocenters. The molecule has 5 heteroatoms. The van der Waals surface area contributed by atoms with E-state index in [4.69, 9.17) is 5.73 Å². The summed E-state index contributed by atoms with van der Waals surface area (Å²) >= 11 is 3.35. The summed E-state index contributed by atoms with van der Waals surface area (Å²) in [4.78, 5) is 0. The number of halogens is 2. The summed E-state index contributed by atoms with van der Waals surface area (Å²) in [7, 11) is 0. The van der Waals surface area contributed by atoms with Crippen LogP contribution in [-0.2, 0) is 13.0 Å². The van der Waals surface area contributed by atoms with Gasteiger partial charge in [0, 0.05) is 16.7 Å². The van der Waals surface area contributed by atoms with Crippen molar-refractivity contribution in [3.8, 4) is 0 Å². The van der Waals surface area contributed by atoms with Gasteiger partial charge < -0.3 is 5.73 Å². The van der Waals surface area contributed by atoms with Gasteiger partial charge in [0.1, 0.15) is 5.82 Å². The Hall–Kier alpha value is -1.20. The Balaban J connectivity index is 2.11. The van der Waals surface area contributed by atoms with E-state index in [0.29, 0.717) is 6.54 Å². The number of benzene rings is 1. The highest BCUT2D eigenvalue weighted by Gasteiger charge is 2.05. The molecule has 2 rings (SSSR count). The van der Waals surface area contributed by atoms with Gasteiger partial charge >= 0.3 is 0 Å². The summed E-state index contributed by atoms with van der Waals surface area (Å²) in [6.07, 6.45) is 4.60. The first-order valence-electron chi connectivity index (χ1n) is 5.75.